The van der Waals surface area contributed by atoms with Gasteiger partial charge in [0.2, 0.25) is 5.95 Å². The largest absolute Gasteiger partial charge is 0.493 e. The topological polar surface area (TPSA) is 52.4 Å². The van der Waals surface area contributed by atoms with E-state index in [1.807, 2.05) is 22.8 Å². The van der Waals surface area contributed by atoms with Crippen LogP contribution in [0.15, 0.2) is 53.7 Å². The lowest BCUT2D eigenvalue weighted by molar-refractivity contribution is 0.122. The van der Waals surface area contributed by atoms with Crippen LogP contribution in [0.5, 0.6) is 5.75 Å². The van der Waals surface area contributed by atoms with Gasteiger partial charge >= 0.3 is 0 Å². The van der Waals surface area contributed by atoms with Gasteiger partial charge in [0.15, 0.2) is 5.16 Å². The van der Waals surface area contributed by atoms with Gasteiger partial charge in [-0.25, -0.2) is 4.39 Å². The van der Waals surface area contributed by atoms with E-state index >= 15 is 0 Å². The predicted molar refractivity (Wildman–Crippen MR) is 116 cm³/mol. The van der Waals surface area contributed by atoms with Crippen molar-refractivity contribution in [3.8, 4) is 11.4 Å². The smallest absolute Gasteiger partial charge is 0.232 e. The van der Waals surface area contributed by atoms with Gasteiger partial charge in [0.25, 0.3) is 0 Å². The molecule has 0 spiro atoms. The van der Waals surface area contributed by atoms with Crippen molar-refractivity contribution in [3.63, 3.8) is 0 Å². The normalized spacial score (nSPS) is 14.1. The highest BCUT2D eigenvalue weighted by Gasteiger charge is 2.22. The van der Waals surface area contributed by atoms with E-state index in [2.05, 4.69) is 34.2 Å². The number of hydrogen-bond donors (Lipinski definition) is 0. The summed E-state index contributed by atoms with van der Waals surface area (Å²) in [5, 5.41) is 9.51. The zero-order valence-corrected chi connectivity index (χ0v) is 17.8. The van der Waals surface area contributed by atoms with E-state index in [0.29, 0.717) is 42.4 Å². The van der Waals surface area contributed by atoms with Crippen LogP contribution < -0.4 is 9.64 Å². The number of hydrogen-bond acceptors (Lipinski definition) is 6. The molecule has 1 aromatic heterocycles. The SMILES string of the molecule is CCc1cccc(OCCSc2nnc(N3CCOCC3)n2-c2cccc(F)c2)c1. The molecule has 8 heteroatoms. The number of nitrogens with zero attached hydrogens (tertiary/aromatic N) is 4. The molecule has 0 atom stereocenters. The summed E-state index contributed by atoms with van der Waals surface area (Å²) < 4.78 is 27.2. The Morgan fingerprint density at radius 1 is 1.10 bits per heavy atom. The Balaban J connectivity index is 1.48. The van der Waals surface area contributed by atoms with E-state index in [4.69, 9.17) is 9.47 Å². The summed E-state index contributed by atoms with van der Waals surface area (Å²) >= 11 is 1.55. The van der Waals surface area contributed by atoms with Gasteiger partial charge in [0.1, 0.15) is 11.6 Å². The molecule has 0 radical (unpaired) electrons. The number of ether oxygens (including phenoxy) is 2. The minimum absolute atomic E-state index is 0.288. The molecule has 4 rings (SSSR count). The van der Waals surface area contributed by atoms with Crippen LogP contribution in [0.3, 0.4) is 0 Å². The van der Waals surface area contributed by atoms with Crippen LogP contribution in [-0.2, 0) is 11.2 Å². The summed E-state index contributed by atoms with van der Waals surface area (Å²) in [6, 6.07) is 14.6. The van der Waals surface area contributed by atoms with Crippen LogP contribution in [-0.4, -0.2) is 53.4 Å². The molecule has 1 aliphatic rings. The summed E-state index contributed by atoms with van der Waals surface area (Å²) in [7, 11) is 0. The van der Waals surface area contributed by atoms with Crippen LogP contribution in [0, 0.1) is 5.82 Å². The molecule has 0 N–H and O–H groups in total. The molecule has 0 unspecified atom stereocenters. The molecule has 3 aromatic rings. The van der Waals surface area contributed by atoms with Crippen molar-refractivity contribution in [3.05, 3.63) is 59.9 Å². The van der Waals surface area contributed by atoms with Gasteiger partial charge in [-0.05, 0) is 42.3 Å². The van der Waals surface area contributed by atoms with E-state index in [1.54, 1.807) is 17.8 Å². The molecule has 1 fully saturated rings. The van der Waals surface area contributed by atoms with E-state index in [9.17, 15) is 4.39 Å². The fourth-order valence-corrected chi connectivity index (χ4v) is 4.08. The second-order valence-corrected chi connectivity index (χ2v) is 7.96. The zero-order valence-electron chi connectivity index (χ0n) is 17.0. The highest BCUT2D eigenvalue weighted by molar-refractivity contribution is 7.99. The Bertz CT molecular complexity index is 975. The summed E-state index contributed by atoms with van der Waals surface area (Å²) in [6.07, 6.45) is 0.979. The van der Waals surface area contributed by atoms with Gasteiger partial charge in [-0.3, -0.25) is 4.57 Å². The van der Waals surface area contributed by atoms with Gasteiger partial charge in [-0.1, -0.05) is 36.9 Å². The first-order valence-electron chi connectivity index (χ1n) is 10.1. The van der Waals surface area contributed by atoms with Gasteiger partial charge in [-0.2, -0.15) is 0 Å². The molecule has 1 aliphatic heterocycles. The molecule has 0 bridgehead atoms. The van der Waals surface area contributed by atoms with Crippen molar-refractivity contribution in [1.29, 1.82) is 0 Å². The van der Waals surface area contributed by atoms with Crippen molar-refractivity contribution in [2.45, 2.75) is 18.5 Å². The lowest BCUT2D eigenvalue weighted by Crippen LogP contribution is -2.37. The second-order valence-electron chi connectivity index (χ2n) is 6.90. The Morgan fingerprint density at radius 3 is 2.73 bits per heavy atom. The van der Waals surface area contributed by atoms with Crippen LogP contribution >= 0.6 is 11.8 Å². The first-order chi connectivity index (χ1) is 14.7. The molecule has 0 aliphatic carbocycles. The number of aryl methyl sites for hydroxylation is 1. The van der Waals surface area contributed by atoms with Crippen LogP contribution in [0.4, 0.5) is 10.3 Å². The fraction of sp³-hybridized carbons (Fsp3) is 0.364. The number of morpholine rings is 1. The Labute approximate surface area is 180 Å². The van der Waals surface area contributed by atoms with Crippen LogP contribution in [0.1, 0.15) is 12.5 Å². The third-order valence-electron chi connectivity index (χ3n) is 4.87. The first-order valence-corrected chi connectivity index (χ1v) is 11.1. The van der Waals surface area contributed by atoms with E-state index in [1.165, 1.54) is 17.7 Å². The average molecular weight is 429 g/mol. The third-order valence-corrected chi connectivity index (χ3v) is 5.76. The van der Waals surface area contributed by atoms with E-state index in [-0.39, 0.29) is 5.82 Å². The maximum atomic E-state index is 13.9. The quantitative estimate of drug-likeness (QED) is 0.400. The van der Waals surface area contributed by atoms with Crippen molar-refractivity contribution in [2.75, 3.05) is 43.6 Å². The fourth-order valence-electron chi connectivity index (χ4n) is 3.31. The number of anilines is 1. The van der Waals surface area contributed by atoms with Crippen molar-refractivity contribution < 1.29 is 13.9 Å². The molecule has 1 saturated heterocycles. The highest BCUT2D eigenvalue weighted by atomic mass is 32.2. The molecule has 0 saturated carbocycles. The van der Waals surface area contributed by atoms with Gasteiger partial charge in [0, 0.05) is 18.8 Å². The molecular weight excluding hydrogens is 403 g/mol. The molecule has 2 heterocycles. The molecule has 158 valence electrons. The summed E-state index contributed by atoms with van der Waals surface area (Å²) in [5.41, 5.74) is 1.96. The Hall–Kier alpha value is -2.58. The van der Waals surface area contributed by atoms with Gasteiger partial charge < -0.3 is 14.4 Å². The number of benzene rings is 2. The molecular formula is C22H25FN4O2S. The maximum absolute atomic E-state index is 13.9. The standard InChI is InChI=1S/C22H25FN4O2S/c1-2-17-5-3-8-20(15-17)29-13-14-30-22-25-24-21(26-9-11-28-12-10-26)27(22)19-7-4-6-18(23)16-19/h3-8,15-16H,2,9-14H2,1H3. The number of thioether (sulfide) groups is 1. The first kappa shape index (κ1) is 20.7. The summed E-state index contributed by atoms with van der Waals surface area (Å²) in [6.45, 7) is 5.41. The predicted octanol–water partition coefficient (Wildman–Crippen LogP) is 3.98. The number of rotatable bonds is 8. The Morgan fingerprint density at radius 2 is 1.93 bits per heavy atom. The molecule has 2 aromatic carbocycles. The molecule has 0 amide bonds. The maximum Gasteiger partial charge on any atom is 0.232 e. The number of halogens is 1. The van der Waals surface area contributed by atoms with Crippen molar-refractivity contribution in [1.82, 2.24) is 14.8 Å². The third kappa shape index (κ3) is 4.94. The lowest BCUT2D eigenvalue weighted by Gasteiger charge is -2.27. The second kappa shape index (κ2) is 9.95. The van der Waals surface area contributed by atoms with E-state index < -0.39 is 0 Å². The van der Waals surface area contributed by atoms with E-state index in [0.717, 1.165) is 25.3 Å². The van der Waals surface area contributed by atoms with Gasteiger partial charge in [-0.15, -0.1) is 10.2 Å². The van der Waals surface area contributed by atoms with Crippen LogP contribution in [0.25, 0.3) is 5.69 Å². The minimum atomic E-state index is -0.288. The minimum Gasteiger partial charge on any atom is -0.493 e. The number of aromatic nitrogens is 3. The monoisotopic (exact) mass is 428 g/mol. The average Bonchev–Trinajstić information content (AvgIpc) is 3.21. The zero-order chi connectivity index (χ0) is 20.8. The molecule has 30 heavy (non-hydrogen) atoms. The lowest BCUT2D eigenvalue weighted by atomic mass is 10.2. The summed E-state index contributed by atoms with van der Waals surface area (Å²) in [5.74, 6) is 2.00. The van der Waals surface area contributed by atoms with Crippen molar-refractivity contribution >= 4 is 17.7 Å². The summed E-state index contributed by atoms with van der Waals surface area (Å²) in [4.78, 5) is 2.12. The van der Waals surface area contributed by atoms with Crippen molar-refractivity contribution in [2.24, 2.45) is 0 Å². The molecule has 6 nitrogen and oxygen atoms in total. The van der Waals surface area contributed by atoms with Gasteiger partial charge in [0.05, 0.1) is 25.5 Å². The Kier molecular flexibility index (Phi) is 6.86. The highest BCUT2D eigenvalue weighted by Crippen LogP contribution is 2.27. The van der Waals surface area contributed by atoms with Crippen LogP contribution in [0.2, 0.25) is 0 Å².